The van der Waals surface area contributed by atoms with Crippen LogP contribution < -0.4 is 9.80 Å². The highest BCUT2D eigenvalue weighted by atomic mass is 79.9. The number of aryl methyl sites for hydroxylation is 6. The van der Waals surface area contributed by atoms with Crippen LogP contribution >= 0.6 is 31.9 Å². The van der Waals surface area contributed by atoms with Gasteiger partial charge in [-0.15, -0.1) is 0 Å². The van der Waals surface area contributed by atoms with Crippen molar-refractivity contribution >= 4 is 66.0 Å². The molecular formula is C48H50Br2N2. The Morgan fingerprint density at radius 2 is 0.673 bits per heavy atom. The van der Waals surface area contributed by atoms with Gasteiger partial charge in [0.2, 0.25) is 0 Å². The van der Waals surface area contributed by atoms with Gasteiger partial charge in [0.05, 0.1) is 11.4 Å². The number of anilines is 6. The van der Waals surface area contributed by atoms with Gasteiger partial charge in [0.1, 0.15) is 0 Å². The van der Waals surface area contributed by atoms with Crippen LogP contribution in [0.25, 0.3) is 11.1 Å². The van der Waals surface area contributed by atoms with E-state index in [4.69, 9.17) is 0 Å². The summed E-state index contributed by atoms with van der Waals surface area (Å²) in [5.74, 6) is 0. The predicted octanol–water partition coefficient (Wildman–Crippen LogP) is 15.7. The average molecular weight is 815 g/mol. The molecule has 0 aliphatic rings. The van der Waals surface area contributed by atoms with Crippen molar-refractivity contribution < 1.29 is 0 Å². The molecule has 0 unspecified atom stereocenters. The van der Waals surface area contributed by atoms with Gasteiger partial charge in [-0.05, 0) is 171 Å². The summed E-state index contributed by atoms with van der Waals surface area (Å²) in [5, 5.41) is 0. The number of hydrogen-bond donors (Lipinski definition) is 0. The Morgan fingerprint density at radius 3 is 0.942 bits per heavy atom. The highest BCUT2D eigenvalue weighted by Crippen LogP contribution is 2.42. The van der Waals surface area contributed by atoms with Gasteiger partial charge in [0, 0.05) is 31.7 Å². The third-order valence-electron chi connectivity index (χ3n) is 9.94. The molecular weight excluding hydrogens is 764 g/mol. The smallest absolute Gasteiger partial charge is 0.0520 e. The normalized spacial score (nSPS) is 11.2. The summed E-state index contributed by atoms with van der Waals surface area (Å²) in [7, 11) is 0. The summed E-state index contributed by atoms with van der Waals surface area (Å²) in [6.07, 6.45) is 7.08. The lowest BCUT2D eigenvalue weighted by molar-refractivity contribution is 0.794. The quantitative estimate of drug-likeness (QED) is 0.115. The number of unbranched alkanes of at least 4 members (excludes halogenated alkanes) is 2. The van der Waals surface area contributed by atoms with Crippen molar-refractivity contribution in [3.05, 3.63) is 164 Å². The summed E-state index contributed by atoms with van der Waals surface area (Å²) in [4.78, 5) is 4.81. The number of hydrogen-bond acceptors (Lipinski definition) is 2. The van der Waals surface area contributed by atoms with Crippen molar-refractivity contribution in [1.29, 1.82) is 0 Å². The molecule has 0 aromatic heterocycles. The van der Waals surface area contributed by atoms with Crippen LogP contribution in [0.2, 0.25) is 0 Å². The third-order valence-corrected chi connectivity index (χ3v) is 11.0. The summed E-state index contributed by atoms with van der Waals surface area (Å²) < 4.78 is 2.15. The Labute approximate surface area is 328 Å². The maximum atomic E-state index is 3.64. The van der Waals surface area contributed by atoms with Gasteiger partial charge in [0.15, 0.2) is 0 Å². The zero-order valence-electron chi connectivity index (χ0n) is 31.4. The van der Waals surface area contributed by atoms with Crippen molar-refractivity contribution in [2.75, 3.05) is 9.80 Å². The Bertz CT molecular complexity index is 1900. The van der Waals surface area contributed by atoms with Gasteiger partial charge in [-0.25, -0.2) is 0 Å². The van der Waals surface area contributed by atoms with Crippen LogP contribution in [0.3, 0.4) is 0 Å². The van der Waals surface area contributed by atoms with Gasteiger partial charge in [-0.1, -0.05) is 107 Å². The van der Waals surface area contributed by atoms with E-state index >= 15 is 0 Å². The largest absolute Gasteiger partial charge is 0.310 e. The van der Waals surface area contributed by atoms with Crippen molar-refractivity contribution in [2.45, 2.75) is 80.1 Å². The second-order valence-electron chi connectivity index (χ2n) is 14.1. The fourth-order valence-electron chi connectivity index (χ4n) is 7.45. The van der Waals surface area contributed by atoms with Gasteiger partial charge < -0.3 is 9.80 Å². The van der Waals surface area contributed by atoms with Crippen LogP contribution in [-0.4, -0.2) is 0 Å². The van der Waals surface area contributed by atoms with Gasteiger partial charge in [0.25, 0.3) is 0 Å². The lowest BCUT2D eigenvalue weighted by atomic mass is 9.98. The first-order chi connectivity index (χ1) is 25.2. The van der Waals surface area contributed by atoms with Crippen LogP contribution in [0.15, 0.2) is 130 Å². The van der Waals surface area contributed by atoms with Crippen LogP contribution in [0.4, 0.5) is 34.1 Å². The molecule has 6 rings (SSSR count). The lowest BCUT2D eigenvalue weighted by Gasteiger charge is -2.30. The van der Waals surface area contributed by atoms with Crippen LogP contribution in [0, 0.1) is 27.7 Å². The molecule has 0 aliphatic heterocycles. The van der Waals surface area contributed by atoms with E-state index in [0.29, 0.717) is 0 Å². The standard InChI is InChI=1S/C48H50Br2N2/c1-7-9-11-37-29-33(3)47(34(4)30-37)51(45-25-17-41(49)18-26-45)43-21-13-39(14-22-43)40-15-23-44(24-16-40)52(46-27-19-42(50)20-28-46)48-35(5)31-38(12-10-8-2)32-36(48)6/h13-32H,7-12H2,1-6H3. The van der Waals surface area contributed by atoms with Gasteiger partial charge >= 0.3 is 0 Å². The monoisotopic (exact) mass is 812 g/mol. The van der Waals surface area contributed by atoms with E-state index in [-0.39, 0.29) is 0 Å². The molecule has 52 heavy (non-hydrogen) atoms. The topological polar surface area (TPSA) is 6.48 Å². The molecule has 6 aromatic carbocycles. The molecule has 266 valence electrons. The van der Waals surface area contributed by atoms with E-state index in [0.717, 1.165) is 44.5 Å². The molecule has 0 radical (unpaired) electrons. The Morgan fingerprint density at radius 1 is 0.404 bits per heavy atom. The molecule has 0 saturated heterocycles. The van der Waals surface area contributed by atoms with Gasteiger partial charge in [-0.3, -0.25) is 0 Å². The summed E-state index contributed by atoms with van der Waals surface area (Å²) in [5.41, 5.74) is 17.5. The van der Waals surface area contributed by atoms with Crippen molar-refractivity contribution in [3.63, 3.8) is 0 Å². The molecule has 0 atom stereocenters. The van der Waals surface area contributed by atoms with Crippen molar-refractivity contribution in [1.82, 2.24) is 0 Å². The number of halogens is 2. The number of rotatable bonds is 13. The fourth-order valence-corrected chi connectivity index (χ4v) is 7.98. The molecule has 0 aliphatic carbocycles. The molecule has 0 heterocycles. The molecule has 0 fully saturated rings. The summed E-state index contributed by atoms with van der Waals surface area (Å²) in [6, 6.07) is 44.8. The zero-order valence-corrected chi connectivity index (χ0v) is 34.6. The second-order valence-corrected chi connectivity index (χ2v) is 15.9. The highest BCUT2D eigenvalue weighted by molar-refractivity contribution is 9.10. The fraction of sp³-hybridized carbons (Fsp3) is 0.250. The molecule has 0 amide bonds. The van der Waals surface area contributed by atoms with E-state index < -0.39 is 0 Å². The van der Waals surface area contributed by atoms with E-state index in [1.165, 1.54) is 81.6 Å². The van der Waals surface area contributed by atoms with Gasteiger partial charge in [-0.2, -0.15) is 0 Å². The SMILES string of the molecule is CCCCc1cc(C)c(N(c2ccc(Br)cc2)c2ccc(-c3ccc(N(c4ccc(Br)cc4)c4c(C)cc(CCCC)cc4C)cc3)cc2)c(C)c1. The Kier molecular flexibility index (Phi) is 12.4. The first-order valence-corrected chi connectivity index (χ1v) is 20.3. The maximum Gasteiger partial charge on any atom is 0.0520 e. The summed E-state index contributed by atoms with van der Waals surface area (Å²) >= 11 is 7.28. The highest BCUT2D eigenvalue weighted by Gasteiger charge is 2.20. The van der Waals surface area contributed by atoms with Crippen LogP contribution in [0.1, 0.15) is 72.9 Å². The second kappa shape index (κ2) is 17.1. The molecule has 6 aromatic rings. The minimum Gasteiger partial charge on any atom is -0.310 e. The lowest BCUT2D eigenvalue weighted by Crippen LogP contribution is -2.13. The molecule has 0 N–H and O–H groups in total. The minimum absolute atomic E-state index is 1.08. The van der Waals surface area contributed by atoms with Crippen molar-refractivity contribution in [2.24, 2.45) is 0 Å². The van der Waals surface area contributed by atoms with Crippen LogP contribution in [-0.2, 0) is 12.8 Å². The molecule has 0 bridgehead atoms. The molecule has 2 nitrogen and oxygen atoms in total. The van der Waals surface area contributed by atoms with E-state index in [9.17, 15) is 0 Å². The Hall–Kier alpha value is -4.12. The molecule has 0 spiro atoms. The number of benzene rings is 6. The third kappa shape index (κ3) is 8.56. The molecule has 4 heteroatoms. The zero-order chi connectivity index (χ0) is 36.8. The first-order valence-electron chi connectivity index (χ1n) is 18.7. The number of nitrogens with zero attached hydrogens (tertiary/aromatic N) is 2. The molecule has 0 saturated carbocycles. The van der Waals surface area contributed by atoms with E-state index in [1.807, 2.05) is 0 Å². The maximum absolute atomic E-state index is 3.64. The predicted molar refractivity (Wildman–Crippen MR) is 233 cm³/mol. The first kappa shape index (κ1) is 37.6. The minimum atomic E-state index is 1.08. The average Bonchev–Trinajstić information content (AvgIpc) is 3.14. The van der Waals surface area contributed by atoms with Crippen LogP contribution in [0.5, 0.6) is 0 Å². The Balaban J connectivity index is 1.35. The summed E-state index contributed by atoms with van der Waals surface area (Å²) in [6.45, 7) is 13.5. The van der Waals surface area contributed by atoms with Crippen molar-refractivity contribution in [3.8, 4) is 11.1 Å². The van der Waals surface area contributed by atoms with E-state index in [1.54, 1.807) is 0 Å². The van der Waals surface area contributed by atoms with E-state index in [2.05, 4.69) is 205 Å².